The second-order valence-corrected chi connectivity index (χ2v) is 5.86. The van der Waals surface area contributed by atoms with E-state index in [0.29, 0.717) is 11.4 Å². The van der Waals surface area contributed by atoms with Crippen LogP contribution in [-0.4, -0.2) is 15.4 Å². The lowest BCUT2D eigenvalue weighted by Gasteiger charge is -2.08. The molecule has 1 N–H and O–H groups in total. The number of hydrogen-bond acceptors (Lipinski definition) is 3. The van der Waals surface area contributed by atoms with E-state index >= 15 is 0 Å². The van der Waals surface area contributed by atoms with Gasteiger partial charge in [0, 0.05) is 22.3 Å². The number of benzene rings is 1. The van der Waals surface area contributed by atoms with Crippen LogP contribution >= 0.6 is 15.9 Å². The smallest absolute Gasteiger partial charge is 0.287 e. The average molecular weight is 350 g/mol. The summed E-state index contributed by atoms with van der Waals surface area (Å²) in [6, 6.07) is 8.72. The van der Waals surface area contributed by atoms with Crippen molar-refractivity contribution in [3.63, 3.8) is 0 Å². The van der Waals surface area contributed by atoms with Crippen molar-refractivity contribution in [2.75, 3.05) is 5.32 Å². The van der Waals surface area contributed by atoms with E-state index in [0.717, 1.165) is 17.3 Å². The van der Waals surface area contributed by atoms with Gasteiger partial charge < -0.3 is 9.88 Å². The zero-order valence-corrected chi connectivity index (χ0v) is 12.5. The number of halogens is 1. The van der Waals surface area contributed by atoms with Crippen LogP contribution in [0.3, 0.4) is 0 Å². The van der Waals surface area contributed by atoms with Gasteiger partial charge >= 0.3 is 0 Å². The Hall–Kier alpha value is -2.15. The second kappa shape index (κ2) is 5.33. The highest BCUT2D eigenvalue weighted by molar-refractivity contribution is 9.10. The molecule has 0 radical (unpaired) electrons. The molecule has 1 aliphatic carbocycles. The van der Waals surface area contributed by atoms with Crippen molar-refractivity contribution in [3.05, 3.63) is 56.8 Å². The van der Waals surface area contributed by atoms with Gasteiger partial charge in [-0.1, -0.05) is 22.0 Å². The molecule has 1 saturated carbocycles. The lowest BCUT2D eigenvalue weighted by Crippen LogP contribution is -2.16. The molecule has 1 fully saturated rings. The SMILES string of the molecule is O=C(Nc1cccc(Br)c1)c1cc([N+](=O)[O-])cn1C1CC1. The lowest BCUT2D eigenvalue weighted by atomic mass is 10.3. The Balaban J connectivity index is 1.88. The van der Waals surface area contributed by atoms with Crippen molar-refractivity contribution in [3.8, 4) is 0 Å². The largest absolute Gasteiger partial charge is 0.334 e. The van der Waals surface area contributed by atoms with Crippen LogP contribution in [0.1, 0.15) is 29.4 Å². The van der Waals surface area contributed by atoms with Crippen molar-refractivity contribution in [1.82, 2.24) is 4.57 Å². The van der Waals surface area contributed by atoms with Crippen molar-refractivity contribution in [2.45, 2.75) is 18.9 Å². The number of carbonyl (C=O) groups is 1. The van der Waals surface area contributed by atoms with Crippen LogP contribution in [0.5, 0.6) is 0 Å². The molecule has 1 heterocycles. The molecule has 21 heavy (non-hydrogen) atoms. The number of hydrogen-bond donors (Lipinski definition) is 1. The topological polar surface area (TPSA) is 77.2 Å². The summed E-state index contributed by atoms with van der Waals surface area (Å²) in [7, 11) is 0. The van der Waals surface area contributed by atoms with E-state index in [-0.39, 0.29) is 17.6 Å². The Bertz CT molecular complexity index is 722. The standard InChI is InChI=1S/C14H12BrN3O3/c15-9-2-1-3-10(6-9)16-14(19)13-7-12(18(20)21)8-17(13)11-4-5-11/h1-3,6-8,11H,4-5H2,(H,16,19). The monoisotopic (exact) mass is 349 g/mol. The molecule has 0 aliphatic heterocycles. The fourth-order valence-electron chi connectivity index (χ4n) is 2.16. The first-order valence-electron chi connectivity index (χ1n) is 6.48. The van der Waals surface area contributed by atoms with Crippen molar-refractivity contribution in [2.24, 2.45) is 0 Å². The minimum Gasteiger partial charge on any atom is -0.334 e. The summed E-state index contributed by atoms with van der Waals surface area (Å²) in [5, 5.41) is 13.7. The molecule has 0 saturated heterocycles. The maximum atomic E-state index is 12.3. The predicted molar refractivity (Wildman–Crippen MR) is 81.5 cm³/mol. The minimum atomic E-state index is -0.477. The number of aromatic nitrogens is 1. The molecule has 0 unspecified atom stereocenters. The molecular formula is C14H12BrN3O3. The van der Waals surface area contributed by atoms with Crippen LogP contribution in [0.25, 0.3) is 0 Å². The Morgan fingerprint density at radius 2 is 2.14 bits per heavy atom. The van der Waals surface area contributed by atoms with Gasteiger partial charge in [0.1, 0.15) is 5.69 Å². The number of anilines is 1. The fraction of sp³-hybridized carbons (Fsp3) is 0.214. The first kappa shape index (κ1) is 13.8. The van der Waals surface area contributed by atoms with E-state index in [1.54, 1.807) is 16.7 Å². The van der Waals surface area contributed by atoms with Gasteiger partial charge in [0.05, 0.1) is 11.1 Å². The first-order valence-corrected chi connectivity index (χ1v) is 7.27. The maximum Gasteiger partial charge on any atom is 0.287 e. The minimum absolute atomic E-state index is 0.0544. The molecular weight excluding hydrogens is 338 g/mol. The summed E-state index contributed by atoms with van der Waals surface area (Å²) < 4.78 is 2.55. The molecule has 1 aliphatic rings. The van der Waals surface area contributed by atoms with Crippen LogP contribution in [-0.2, 0) is 0 Å². The summed E-state index contributed by atoms with van der Waals surface area (Å²) in [5.41, 5.74) is 0.908. The molecule has 0 bridgehead atoms. The highest BCUT2D eigenvalue weighted by atomic mass is 79.9. The predicted octanol–water partition coefficient (Wildman–Crippen LogP) is 3.75. The third-order valence-corrected chi connectivity index (χ3v) is 3.79. The average Bonchev–Trinajstić information content (AvgIpc) is 3.17. The van der Waals surface area contributed by atoms with E-state index in [2.05, 4.69) is 21.2 Å². The number of nitrogens with one attached hydrogen (secondary N) is 1. The molecule has 7 heteroatoms. The van der Waals surface area contributed by atoms with Gasteiger partial charge in [-0.3, -0.25) is 14.9 Å². The number of carbonyl (C=O) groups excluding carboxylic acids is 1. The van der Waals surface area contributed by atoms with E-state index in [4.69, 9.17) is 0 Å². The van der Waals surface area contributed by atoms with Crippen molar-refractivity contribution in [1.29, 1.82) is 0 Å². The summed E-state index contributed by atoms with van der Waals surface area (Å²) in [5.74, 6) is -0.340. The van der Waals surface area contributed by atoms with E-state index in [1.807, 2.05) is 12.1 Å². The molecule has 1 aromatic heterocycles. The fourth-order valence-corrected chi connectivity index (χ4v) is 2.56. The Morgan fingerprint density at radius 1 is 1.38 bits per heavy atom. The van der Waals surface area contributed by atoms with Gasteiger partial charge in [0.2, 0.25) is 0 Å². The third-order valence-electron chi connectivity index (χ3n) is 3.30. The molecule has 2 aromatic rings. The molecule has 3 rings (SSSR count). The van der Waals surface area contributed by atoms with Crippen LogP contribution in [0, 0.1) is 10.1 Å². The van der Waals surface area contributed by atoms with Crippen LogP contribution in [0.2, 0.25) is 0 Å². The Labute approximate surface area is 129 Å². The van der Waals surface area contributed by atoms with Crippen molar-refractivity contribution < 1.29 is 9.72 Å². The van der Waals surface area contributed by atoms with Gasteiger partial charge in [-0.25, -0.2) is 0 Å². The van der Waals surface area contributed by atoms with Gasteiger partial charge in [0.15, 0.2) is 0 Å². The molecule has 108 valence electrons. The first-order chi connectivity index (χ1) is 10.0. The van der Waals surface area contributed by atoms with Gasteiger partial charge in [-0.05, 0) is 31.0 Å². The number of nitro groups is 1. The normalized spacial score (nSPS) is 14.0. The summed E-state index contributed by atoms with van der Waals surface area (Å²) in [4.78, 5) is 22.8. The highest BCUT2D eigenvalue weighted by Gasteiger charge is 2.30. The summed E-state index contributed by atoms with van der Waals surface area (Å²) >= 11 is 3.33. The Morgan fingerprint density at radius 3 is 2.76 bits per heavy atom. The number of rotatable bonds is 4. The quantitative estimate of drug-likeness (QED) is 0.674. The maximum absolute atomic E-state index is 12.3. The molecule has 1 aromatic carbocycles. The third kappa shape index (κ3) is 2.97. The Kier molecular flexibility index (Phi) is 3.50. The van der Waals surface area contributed by atoms with Crippen molar-refractivity contribution >= 4 is 33.2 Å². The lowest BCUT2D eigenvalue weighted by molar-refractivity contribution is -0.384. The number of amides is 1. The molecule has 6 nitrogen and oxygen atoms in total. The van der Waals surface area contributed by atoms with E-state index in [1.165, 1.54) is 12.3 Å². The van der Waals surface area contributed by atoms with Gasteiger partial charge in [-0.2, -0.15) is 0 Å². The van der Waals surface area contributed by atoms with Crippen LogP contribution in [0.4, 0.5) is 11.4 Å². The summed E-state index contributed by atoms with van der Waals surface area (Å²) in [6.45, 7) is 0. The highest BCUT2D eigenvalue weighted by Crippen LogP contribution is 2.38. The van der Waals surface area contributed by atoms with Gasteiger partial charge in [0.25, 0.3) is 11.6 Å². The molecule has 0 atom stereocenters. The molecule has 1 amide bonds. The zero-order chi connectivity index (χ0) is 15.0. The van der Waals surface area contributed by atoms with Crippen LogP contribution in [0.15, 0.2) is 41.0 Å². The second-order valence-electron chi connectivity index (χ2n) is 4.94. The number of nitrogens with zero attached hydrogens (tertiary/aromatic N) is 2. The van der Waals surface area contributed by atoms with E-state index < -0.39 is 4.92 Å². The van der Waals surface area contributed by atoms with E-state index in [9.17, 15) is 14.9 Å². The van der Waals surface area contributed by atoms with Gasteiger partial charge in [-0.15, -0.1) is 0 Å². The van der Waals surface area contributed by atoms with Crippen LogP contribution < -0.4 is 5.32 Å². The summed E-state index contributed by atoms with van der Waals surface area (Å²) in [6.07, 6.45) is 3.33. The zero-order valence-electron chi connectivity index (χ0n) is 11.0. The molecule has 0 spiro atoms.